The number of phenols is 2. The number of benzene rings is 2. The number of fused-ring (bicyclic) bond motifs is 1. The number of aryl methyl sites for hydroxylation is 1. The monoisotopic (exact) mass is 278 g/mol. The summed E-state index contributed by atoms with van der Waals surface area (Å²) in [5.74, 6) is 1.15. The number of aromatic hydroxyl groups is 2. The zero-order valence-electron chi connectivity index (χ0n) is 12.0. The number of phenolic OH excluding ortho intramolecular Hbond substituents is 2. The van der Waals surface area contributed by atoms with Gasteiger partial charge in [-0.25, -0.2) is 0 Å². The summed E-state index contributed by atoms with van der Waals surface area (Å²) in [5.41, 5.74) is 4.72. The predicted molar refractivity (Wildman–Crippen MR) is 83.8 cm³/mol. The average Bonchev–Trinajstić information content (AvgIpc) is 2.52. The summed E-state index contributed by atoms with van der Waals surface area (Å²) < 4.78 is 0. The molecule has 0 saturated carbocycles. The van der Waals surface area contributed by atoms with Crippen molar-refractivity contribution in [2.45, 2.75) is 31.6 Å². The predicted octanol–water partition coefficient (Wildman–Crippen LogP) is 4.60. The molecule has 2 N–H and O–H groups in total. The number of hydrogen-bond acceptors (Lipinski definition) is 2. The van der Waals surface area contributed by atoms with E-state index in [9.17, 15) is 10.2 Å². The van der Waals surface area contributed by atoms with Crippen LogP contribution in [0.1, 0.15) is 41.4 Å². The molecule has 0 aliphatic heterocycles. The highest BCUT2D eigenvalue weighted by molar-refractivity contribution is 5.77. The lowest BCUT2D eigenvalue weighted by Crippen LogP contribution is -2.17. The summed E-state index contributed by atoms with van der Waals surface area (Å²) in [7, 11) is 0. The van der Waals surface area contributed by atoms with E-state index in [1.165, 1.54) is 5.56 Å². The molecule has 3 aliphatic carbocycles. The summed E-state index contributed by atoms with van der Waals surface area (Å²) in [6.07, 6.45) is 6.46. The van der Waals surface area contributed by atoms with Crippen molar-refractivity contribution in [1.82, 2.24) is 0 Å². The molecule has 2 aromatic rings. The molecule has 2 heteroatoms. The van der Waals surface area contributed by atoms with Gasteiger partial charge < -0.3 is 10.2 Å². The molecule has 0 fully saturated rings. The molecule has 0 saturated heterocycles. The molecule has 0 aromatic heterocycles. The average molecular weight is 278 g/mol. The lowest BCUT2D eigenvalue weighted by molar-refractivity contribution is 0.423. The molecule has 0 amide bonds. The highest BCUT2D eigenvalue weighted by Crippen LogP contribution is 2.54. The minimum absolute atomic E-state index is 0.237. The Morgan fingerprint density at radius 1 is 0.905 bits per heavy atom. The van der Waals surface area contributed by atoms with Crippen LogP contribution in [0.15, 0.2) is 42.5 Å². The van der Waals surface area contributed by atoms with Gasteiger partial charge in [0.2, 0.25) is 0 Å². The Bertz CT molecular complexity index is 741. The van der Waals surface area contributed by atoms with E-state index in [-0.39, 0.29) is 11.8 Å². The van der Waals surface area contributed by atoms with Crippen LogP contribution in [-0.4, -0.2) is 10.2 Å². The lowest BCUT2D eigenvalue weighted by Gasteiger charge is -2.35. The molecular weight excluding hydrogens is 260 g/mol. The van der Waals surface area contributed by atoms with E-state index in [1.807, 2.05) is 31.2 Å². The molecule has 106 valence electrons. The van der Waals surface area contributed by atoms with Crippen molar-refractivity contribution in [2.75, 3.05) is 0 Å². The molecule has 2 atom stereocenters. The van der Waals surface area contributed by atoms with Crippen molar-refractivity contribution < 1.29 is 10.2 Å². The Balaban J connectivity index is 1.94. The lowest BCUT2D eigenvalue weighted by atomic mass is 9.70. The van der Waals surface area contributed by atoms with Gasteiger partial charge in [-0.15, -0.1) is 0 Å². The van der Waals surface area contributed by atoms with Crippen molar-refractivity contribution in [2.24, 2.45) is 0 Å². The molecule has 0 heterocycles. The fourth-order valence-electron chi connectivity index (χ4n) is 3.71. The molecule has 2 nitrogen and oxygen atoms in total. The molecule has 2 bridgehead atoms. The second-order valence-corrected chi connectivity index (χ2v) is 6.16. The second kappa shape index (κ2) is 4.39. The summed E-state index contributed by atoms with van der Waals surface area (Å²) >= 11 is 0. The van der Waals surface area contributed by atoms with Gasteiger partial charge in [0.25, 0.3) is 0 Å². The smallest absolute Gasteiger partial charge is 0.127 e. The van der Waals surface area contributed by atoms with E-state index in [0.29, 0.717) is 11.5 Å². The van der Waals surface area contributed by atoms with Gasteiger partial charge in [-0.3, -0.25) is 0 Å². The molecule has 0 radical (unpaired) electrons. The van der Waals surface area contributed by atoms with Crippen molar-refractivity contribution in [3.63, 3.8) is 0 Å². The Morgan fingerprint density at radius 3 is 2.14 bits per heavy atom. The number of rotatable bonds is 1. The topological polar surface area (TPSA) is 40.5 Å². The van der Waals surface area contributed by atoms with Gasteiger partial charge in [-0.1, -0.05) is 42.0 Å². The first kappa shape index (κ1) is 12.5. The summed E-state index contributed by atoms with van der Waals surface area (Å²) in [6, 6.07) is 9.75. The first-order valence-corrected chi connectivity index (χ1v) is 7.49. The van der Waals surface area contributed by atoms with Crippen molar-refractivity contribution in [3.8, 4) is 22.6 Å². The third kappa shape index (κ3) is 1.79. The number of allylic oxidation sites excluding steroid dienone is 2. The standard InChI is InChI=1S/C19H18O2/c1-11-2-4-12(5-3-11)15-10-16(20)17-13-6-8-14(9-7-13)18(17)19(15)21/h2-6,8,10,13-14,20-21H,7,9H2,1H3/t13-,14-/m0/s1. The van der Waals surface area contributed by atoms with Crippen molar-refractivity contribution >= 4 is 0 Å². The van der Waals surface area contributed by atoms with E-state index in [1.54, 1.807) is 6.07 Å². The van der Waals surface area contributed by atoms with E-state index < -0.39 is 0 Å². The van der Waals surface area contributed by atoms with E-state index in [2.05, 4.69) is 12.2 Å². The highest BCUT2D eigenvalue weighted by atomic mass is 16.3. The largest absolute Gasteiger partial charge is 0.508 e. The maximum atomic E-state index is 10.8. The molecule has 21 heavy (non-hydrogen) atoms. The van der Waals surface area contributed by atoms with Crippen molar-refractivity contribution in [3.05, 3.63) is 59.2 Å². The van der Waals surface area contributed by atoms with Crippen LogP contribution in [0.4, 0.5) is 0 Å². The van der Waals surface area contributed by atoms with E-state index in [4.69, 9.17) is 0 Å². The van der Waals surface area contributed by atoms with Crippen LogP contribution in [-0.2, 0) is 0 Å². The zero-order valence-corrected chi connectivity index (χ0v) is 12.0. The normalized spacial score (nSPS) is 22.3. The fourth-order valence-corrected chi connectivity index (χ4v) is 3.71. The van der Waals surface area contributed by atoms with E-state index >= 15 is 0 Å². The van der Waals surface area contributed by atoms with Gasteiger partial charge in [0.15, 0.2) is 0 Å². The van der Waals surface area contributed by atoms with Crippen LogP contribution in [0.25, 0.3) is 11.1 Å². The molecular formula is C19H18O2. The summed E-state index contributed by atoms with van der Waals surface area (Å²) in [6.45, 7) is 2.04. The SMILES string of the molecule is Cc1ccc(-c2cc(O)c3c(c2O)[C@H]2C=C[C@H]3CC2)cc1. The quantitative estimate of drug-likeness (QED) is 0.591. The Hall–Kier alpha value is -2.22. The Morgan fingerprint density at radius 2 is 1.52 bits per heavy atom. The minimum Gasteiger partial charge on any atom is -0.508 e. The molecule has 2 aromatic carbocycles. The third-order valence-electron chi connectivity index (χ3n) is 4.83. The van der Waals surface area contributed by atoms with Gasteiger partial charge in [0.05, 0.1) is 0 Å². The molecule has 0 spiro atoms. The van der Waals surface area contributed by atoms with E-state index in [0.717, 1.165) is 35.1 Å². The fraction of sp³-hybridized carbons (Fsp3) is 0.263. The van der Waals surface area contributed by atoms with Gasteiger partial charge in [0.1, 0.15) is 11.5 Å². The third-order valence-corrected chi connectivity index (χ3v) is 4.83. The molecule has 5 rings (SSSR count). The van der Waals surface area contributed by atoms with Crippen LogP contribution in [0.3, 0.4) is 0 Å². The van der Waals surface area contributed by atoms with Crippen LogP contribution < -0.4 is 0 Å². The Kier molecular flexibility index (Phi) is 2.61. The first-order valence-electron chi connectivity index (χ1n) is 7.49. The summed E-state index contributed by atoms with van der Waals surface area (Å²) in [5, 5.41) is 21.2. The molecule has 0 unspecified atom stereocenters. The molecule has 3 aliphatic rings. The Labute approximate surface area is 124 Å². The first-order chi connectivity index (χ1) is 10.1. The van der Waals surface area contributed by atoms with Crippen LogP contribution >= 0.6 is 0 Å². The van der Waals surface area contributed by atoms with Gasteiger partial charge in [-0.05, 0) is 31.4 Å². The van der Waals surface area contributed by atoms with Gasteiger partial charge >= 0.3 is 0 Å². The maximum absolute atomic E-state index is 10.8. The number of hydrogen-bond donors (Lipinski definition) is 2. The zero-order chi connectivity index (χ0) is 14.6. The maximum Gasteiger partial charge on any atom is 0.127 e. The van der Waals surface area contributed by atoms with Gasteiger partial charge in [0, 0.05) is 28.5 Å². The van der Waals surface area contributed by atoms with Gasteiger partial charge in [-0.2, -0.15) is 0 Å². The summed E-state index contributed by atoms with van der Waals surface area (Å²) in [4.78, 5) is 0. The highest BCUT2D eigenvalue weighted by Gasteiger charge is 2.34. The van der Waals surface area contributed by atoms with Crippen LogP contribution in [0, 0.1) is 6.92 Å². The van der Waals surface area contributed by atoms with Crippen molar-refractivity contribution in [1.29, 1.82) is 0 Å². The minimum atomic E-state index is 0.237. The van der Waals surface area contributed by atoms with Crippen LogP contribution in [0.2, 0.25) is 0 Å². The van der Waals surface area contributed by atoms with Crippen LogP contribution in [0.5, 0.6) is 11.5 Å². The second-order valence-electron chi connectivity index (χ2n) is 6.16.